The van der Waals surface area contributed by atoms with Crippen LogP contribution in [0.15, 0.2) is 28.7 Å². The van der Waals surface area contributed by atoms with Crippen molar-refractivity contribution in [2.45, 2.75) is 26.7 Å². The van der Waals surface area contributed by atoms with Crippen molar-refractivity contribution in [2.75, 3.05) is 17.6 Å². The zero-order valence-electron chi connectivity index (χ0n) is 14.2. The van der Waals surface area contributed by atoms with E-state index in [0.29, 0.717) is 41.9 Å². The molecule has 1 aromatic carbocycles. The highest BCUT2D eigenvalue weighted by Gasteiger charge is 2.16. The van der Waals surface area contributed by atoms with Gasteiger partial charge >= 0.3 is 6.01 Å². The molecule has 128 valence electrons. The van der Waals surface area contributed by atoms with E-state index in [4.69, 9.17) is 10.2 Å². The van der Waals surface area contributed by atoms with Gasteiger partial charge in [0.25, 0.3) is 0 Å². The maximum Gasteiger partial charge on any atom is 0.315 e. The molecule has 2 heterocycles. The van der Waals surface area contributed by atoms with E-state index in [1.165, 1.54) is 0 Å². The lowest BCUT2D eigenvalue weighted by atomic mass is 10.1. The van der Waals surface area contributed by atoms with Crippen LogP contribution in [0.5, 0.6) is 0 Å². The number of nitrogen functional groups attached to an aromatic ring is 1. The number of hydrogen-bond donors (Lipinski definition) is 2. The molecule has 0 atom stereocenters. The fourth-order valence-corrected chi connectivity index (χ4v) is 2.48. The van der Waals surface area contributed by atoms with Crippen LogP contribution in [0.4, 0.5) is 11.8 Å². The van der Waals surface area contributed by atoms with E-state index >= 15 is 0 Å². The van der Waals surface area contributed by atoms with Crippen molar-refractivity contribution in [3.63, 3.8) is 0 Å². The second-order valence-corrected chi connectivity index (χ2v) is 5.72. The molecule has 0 unspecified atom stereocenters. The molecule has 0 saturated carbocycles. The van der Waals surface area contributed by atoms with Gasteiger partial charge in [-0.2, -0.15) is 10.4 Å². The third kappa shape index (κ3) is 3.61. The third-order valence-electron chi connectivity index (χ3n) is 3.78. The van der Waals surface area contributed by atoms with Crippen LogP contribution in [0.1, 0.15) is 29.1 Å². The summed E-state index contributed by atoms with van der Waals surface area (Å²) in [5.74, 6) is 0.876. The van der Waals surface area contributed by atoms with Crippen LogP contribution in [0.2, 0.25) is 0 Å². The summed E-state index contributed by atoms with van der Waals surface area (Å²) in [4.78, 5) is 0. The summed E-state index contributed by atoms with van der Waals surface area (Å²) < 4.78 is 6.86. The average Bonchev–Trinajstić information content (AvgIpc) is 3.15. The number of nitriles is 1. The highest BCUT2D eigenvalue weighted by Crippen LogP contribution is 2.21. The molecule has 8 heteroatoms. The number of nitrogens with one attached hydrogen (secondary N) is 1. The summed E-state index contributed by atoms with van der Waals surface area (Å²) in [7, 11) is 0. The topological polar surface area (TPSA) is 119 Å². The molecule has 0 saturated heterocycles. The van der Waals surface area contributed by atoms with Crippen molar-refractivity contribution in [2.24, 2.45) is 0 Å². The van der Waals surface area contributed by atoms with E-state index in [2.05, 4.69) is 26.7 Å². The first-order valence-corrected chi connectivity index (χ1v) is 7.97. The van der Waals surface area contributed by atoms with E-state index in [1.807, 2.05) is 31.2 Å². The zero-order valence-corrected chi connectivity index (χ0v) is 14.2. The third-order valence-corrected chi connectivity index (χ3v) is 3.78. The number of hydrogen-bond acceptors (Lipinski definition) is 7. The Morgan fingerprint density at radius 1 is 1.24 bits per heavy atom. The molecule has 8 nitrogen and oxygen atoms in total. The van der Waals surface area contributed by atoms with Crippen molar-refractivity contribution < 1.29 is 4.42 Å². The summed E-state index contributed by atoms with van der Waals surface area (Å²) in [6.07, 6.45) is 1.37. The van der Waals surface area contributed by atoms with Crippen molar-refractivity contribution >= 4 is 11.8 Å². The molecule has 0 amide bonds. The van der Waals surface area contributed by atoms with Gasteiger partial charge in [0.1, 0.15) is 17.5 Å². The number of anilines is 2. The molecule has 2 aromatic heterocycles. The van der Waals surface area contributed by atoms with E-state index < -0.39 is 0 Å². The Bertz CT molecular complexity index is 902. The fraction of sp³-hybridized carbons (Fsp3) is 0.294. The smallest absolute Gasteiger partial charge is 0.315 e. The molecule has 0 fully saturated rings. The molecule has 3 aromatic rings. The van der Waals surface area contributed by atoms with Crippen molar-refractivity contribution in [1.29, 1.82) is 5.26 Å². The highest BCUT2D eigenvalue weighted by atomic mass is 16.4. The second kappa shape index (κ2) is 7.05. The normalized spacial score (nSPS) is 10.6. The van der Waals surface area contributed by atoms with E-state index in [0.717, 1.165) is 17.7 Å². The van der Waals surface area contributed by atoms with Gasteiger partial charge in [-0.25, -0.2) is 4.68 Å². The van der Waals surface area contributed by atoms with Gasteiger partial charge < -0.3 is 15.5 Å². The van der Waals surface area contributed by atoms with Crippen LogP contribution < -0.4 is 11.1 Å². The minimum absolute atomic E-state index is 0.363. The predicted octanol–water partition coefficient (Wildman–Crippen LogP) is 2.37. The maximum atomic E-state index is 9.41. The summed E-state index contributed by atoms with van der Waals surface area (Å²) in [6.45, 7) is 4.38. The SMILES string of the molecule is Cc1ccc(-n2nc(CCCNc3nnc(C)o3)c(C#N)c2N)cc1. The van der Waals surface area contributed by atoms with Gasteiger partial charge in [-0.1, -0.05) is 22.8 Å². The maximum absolute atomic E-state index is 9.41. The van der Waals surface area contributed by atoms with E-state index in [1.54, 1.807) is 11.6 Å². The van der Waals surface area contributed by atoms with Gasteiger partial charge in [-0.05, 0) is 31.9 Å². The quantitative estimate of drug-likeness (QED) is 0.663. The van der Waals surface area contributed by atoms with Crippen LogP contribution >= 0.6 is 0 Å². The Morgan fingerprint density at radius 3 is 2.64 bits per heavy atom. The molecule has 0 spiro atoms. The van der Waals surface area contributed by atoms with Gasteiger partial charge in [-0.15, -0.1) is 5.10 Å². The Balaban J connectivity index is 1.69. The molecular weight excluding hydrogens is 318 g/mol. The first-order chi connectivity index (χ1) is 12.1. The molecule has 25 heavy (non-hydrogen) atoms. The number of rotatable bonds is 6. The van der Waals surface area contributed by atoms with Gasteiger partial charge in [-0.3, -0.25) is 0 Å². The number of aryl methyl sites for hydroxylation is 3. The first-order valence-electron chi connectivity index (χ1n) is 7.97. The molecule has 3 rings (SSSR count). The van der Waals surface area contributed by atoms with E-state index in [9.17, 15) is 5.26 Å². The molecule has 0 bridgehead atoms. The van der Waals surface area contributed by atoms with Crippen molar-refractivity contribution in [3.05, 3.63) is 47.0 Å². The minimum atomic E-state index is 0.363. The average molecular weight is 337 g/mol. The number of benzene rings is 1. The van der Waals surface area contributed by atoms with Gasteiger partial charge in [0.05, 0.1) is 11.4 Å². The largest absolute Gasteiger partial charge is 0.408 e. The first kappa shape index (κ1) is 16.5. The number of nitrogens with two attached hydrogens (primary N) is 1. The lowest BCUT2D eigenvalue weighted by Gasteiger charge is -2.04. The monoisotopic (exact) mass is 337 g/mol. The molecule has 0 aliphatic rings. The Labute approximate surface area is 145 Å². The van der Waals surface area contributed by atoms with Crippen LogP contribution in [0.25, 0.3) is 5.69 Å². The summed E-state index contributed by atoms with van der Waals surface area (Å²) in [5.41, 5.74) is 9.21. The molecule has 3 N–H and O–H groups in total. The Morgan fingerprint density at radius 2 is 2.00 bits per heavy atom. The summed E-state index contributed by atoms with van der Waals surface area (Å²) >= 11 is 0. The lowest BCUT2D eigenvalue weighted by molar-refractivity contribution is 0.530. The Hall–Kier alpha value is -3.34. The molecule has 0 aliphatic carbocycles. The second-order valence-electron chi connectivity index (χ2n) is 5.72. The van der Waals surface area contributed by atoms with Crippen LogP contribution in [0.3, 0.4) is 0 Å². The van der Waals surface area contributed by atoms with Gasteiger partial charge in [0.15, 0.2) is 0 Å². The van der Waals surface area contributed by atoms with Crippen molar-refractivity contribution in [1.82, 2.24) is 20.0 Å². The van der Waals surface area contributed by atoms with E-state index in [-0.39, 0.29) is 0 Å². The van der Waals surface area contributed by atoms with Crippen LogP contribution in [0, 0.1) is 25.2 Å². The fourth-order valence-electron chi connectivity index (χ4n) is 2.48. The zero-order chi connectivity index (χ0) is 17.8. The molecular formula is C17H19N7O. The number of nitrogens with zero attached hydrogens (tertiary/aromatic N) is 5. The lowest BCUT2D eigenvalue weighted by Crippen LogP contribution is -2.04. The summed E-state index contributed by atoms with van der Waals surface area (Å²) in [6, 6.07) is 10.4. The number of aromatic nitrogens is 4. The van der Waals surface area contributed by atoms with Crippen molar-refractivity contribution in [3.8, 4) is 11.8 Å². The molecule has 0 radical (unpaired) electrons. The predicted molar refractivity (Wildman–Crippen MR) is 93.3 cm³/mol. The van der Waals surface area contributed by atoms with Crippen LogP contribution in [-0.4, -0.2) is 26.5 Å². The van der Waals surface area contributed by atoms with Gasteiger partial charge in [0, 0.05) is 13.5 Å². The minimum Gasteiger partial charge on any atom is -0.408 e. The molecule has 0 aliphatic heterocycles. The van der Waals surface area contributed by atoms with Crippen LogP contribution in [-0.2, 0) is 6.42 Å². The van der Waals surface area contributed by atoms with Gasteiger partial charge in [0.2, 0.25) is 5.89 Å². The standard InChI is InChI=1S/C17H19N7O/c1-11-5-7-13(8-6-11)24-16(19)14(10-18)15(23-24)4-3-9-20-17-22-21-12(2)25-17/h5-8H,3-4,9,19H2,1-2H3,(H,20,22). The summed E-state index contributed by atoms with van der Waals surface area (Å²) in [5, 5.41) is 24.6. The Kier molecular flexibility index (Phi) is 4.66. The highest BCUT2D eigenvalue weighted by molar-refractivity contribution is 5.56.